The highest BCUT2D eigenvalue weighted by molar-refractivity contribution is 9.10. The zero-order valence-electron chi connectivity index (χ0n) is 9.02. The van der Waals surface area contributed by atoms with Crippen molar-refractivity contribution in [2.75, 3.05) is 0 Å². The predicted octanol–water partition coefficient (Wildman–Crippen LogP) is 3.53. The SMILES string of the molecule is [2H]C(O)(c1ccccc1)c1ccc(Br)cc1. The third-order valence-electron chi connectivity index (χ3n) is 2.16. The highest BCUT2D eigenvalue weighted by Gasteiger charge is 2.08. The van der Waals surface area contributed by atoms with Gasteiger partial charge in [-0.1, -0.05) is 58.4 Å². The van der Waals surface area contributed by atoms with E-state index in [2.05, 4.69) is 15.9 Å². The summed E-state index contributed by atoms with van der Waals surface area (Å²) >= 11 is 3.33. The lowest BCUT2D eigenvalue weighted by Crippen LogP contribution is -1.98. The monoisotopic (exact) mass is 263 g/mol. The van der Waals surface area contributed by atoms with Gasteiger partial charge in [-0.15, -0.1) is 0 Å². The van der Waals surface area contributed by atoms with E-state index in [0.29, 0.717) is 11.1 Å². The molecule has 0 aliphatic rings. The van der Waals surface area contributed by atoms with Crippen molar-refractivity contribution < 1.29 is 6.48 Å². The maximum atomic E-state index is 10.2. The van der Waals surface area contributed by atoms with Gasteiger partial charge in [-0.2, -0.15) is 0 Å². The van der Waals surface area contributed by atoms with Crippen molar-refractivity contribution in [3.8, 4) is 0 Å². The molecular weight excluding hydrogens is 252 g/mol. The number of hydrogen-bond acceptors (Lipinski definition) is 1. The van der Waals surface area contributed by atoms with Gasteiger partial charge in [0.1, 0.15) is 6.08 Å². The molecule has 2 aromatic rings. The topological polar surface area (TPSA) is 20.2 Å². The molecule has 0 amide bonds. The molecule has 0 fully saturated rings. The summed E-state index contributed by atoms with van der Waals surface area (Å²) in [4.78, 5) is 0. The molecule has 0 saturated heterocycles. The van der Waals surface area contributed by atoms with Crippen LogP contribution in [0.2, 0.25) is 0 Å². The summed E-state index contributed by atoms with van der Waals surface area (Å²) in [5.41, 5.74) is 1.12. The molecule has 15 heavy (non-hydrogen) atoms. The van der Waals surface area contributed by atoms with Crippen LogP contribution in [0, 0.1) is 0 Å². The van der Waals surface area contributed by atoms with Gasteiger partial charge >= 0.3 is 0 Å². The van der Waals surface area contributed by atoms with Crippen LogP contribution in [0.15, 0.2) is 59.1 Å². The molecule has 1 N–H and O–H groups in total. The molecule has 76 valence electrons. The second kappa shape index (κ2) is 4.60. The Balaban J connectivity index is 2.43. The van der Waals surface area contributed by atoms with Gasteiger partial charge in [-0.25, -0.2) is 0 Å². The molecular formula is C13H11BrO. The van der Waals surface area contributed by atoms with Crippen LogP contribution in [0.5, 0.6) is 0 Å². The minimum Gasteiger partial charge on any atom is -0.384 e. The van der Waals surface area contributed by atoms with Crippen LogP contribution in [-0.2, 0) is 0 Å². The minimum atomic E-state index is -1.69. The van der Waals surface area contributed by atoms with E-state index in [1.807, 2.05) is 30.3 Å². The molecule has 2 heteroatoms. The van der Waals surface area contributed by atoms with E-state index < -0.39 is 6.08 Å². The maximum Gasteiger partial charge on any atom is 0.104 e. The fourth-order valence-corrected chi connectivity index (χ4v) is 1.63. The molecule has 1 unspecified atom stereocenters. The Morgan fingerprint density at radius 2 is 1.47 bits per heavy atom. The molecule has 0 heterocycles. The predicted molar refractivity (Wildman–Crippen MR) is 64.6 cm³/mol. The van der Waals surface area contributed by atoms with E-state index in [4.69, 9.17) is 1.37 Å². The fourth-order valence-electron chi connectivity index (χ4n) is 1.37. The van der Waals surface area contributed by atoms with Crippen LogP contribution < -0.4 is 0 Å². The van der Waals surface area contributed by atoms with E-state index >= 15 is 0 Å². The lowest BCUT2D eigenvalue weighted by molar-refractivity contribution is 0.220. The number of halogens is 1. The smallest absolute Gasteiger partial charge is 0.104 e. The van der Waals surface area contributed by atoms with Gasteiger partial charge in [0.15, 0.2) is 0 Å². The lowest BCUT2D eigenvalue weighted by Gasteiger charge is -2.11. The van der Waals surface area contributed by atoms with Crippen molar-refractivity contribution in [1.82, 2.24) is 0 Å². The van der Waals surface area contributed by atoms with E-state index in [-0.39, 0.29) is 0 Å². The molecule has 2 aromatic carbocycles. The van der Waals surface area contributed by atoms with Crippen molar-refractivity contribution >= 4 is 15.9 Å². The molecule has 0 saturated carbocycles. The Morgan fingerprint density at radius 1 is 0.933 bits per heavy atom. The van der Waals surface area contributed by atoms with Crippen molar-refractivity contribution in [2.45, 2.75) is 6.08 Å². The second-order valence-electron chi connectivity index (χ2n) is 3.22. The first-order chi connectivity index (χ1) is 7.60. The average Bonchev–Trinajstić information content (AvgIpc) is 2.31. The third-order valence-corrected chi connectivity index (χ3v) is 2.69. The van der Waals surface area contributed by atoms with E-state index in [1.54, 1.807) is 24.3 Å². The Morgan fingerprint density at radius 3 is 2.07 bits per heavy atom. The average molecular weight is 264 g/mol. The Hall–Kier alpha value is -1.12. The molecule has 0 aromatic heterocycles. The van der Waals surface area contributed by atoms with Crippen LogP contribution in [0.1, 0.15) is 18.6 Å². The summed E-state index contributed by atoms with van der Waals surface area (Å²) < 4.78 is 8.95. The summed E-state index contributed by atoms with van der Waals surface area (Å²) in [6.07, 6.45) is -1.69. The Kier molecular flexibility index (Phi) is 2.80. The molecule has 0 radical (unpaired) electrons. The molecule has 0 spiro atoms. The molecule has 1 atom stereocenters. The van der Waals surface area contributed by atoms with Gasteiger partial charge in [0, 0.05) is 4.47 Å². The Labute approximate surface area is 98.9 Å². The molecule has 0 aliphatic heterocycles. The first-order valence-electron chi connectivity index (χ1n) is 5.14. The van der Waals surface area contributed by atoms with Crippen LogP contribution in [0.3, 0.4) is 0 Å². The van der Waals surface area contributed by atoms with Gasteiger partial charge in [0.05, 0.1) is 1.37 Å². The van der Waals surface area contributed by atoms with Crippen molar-refractivity contribution in [2.24, 2.45) is 0 Å². The maximum absolute atomic E-state index is 10.2. The summed E-state index contributed by atoms with van der Waals surface area (Å²) in [5.74, 6) is 0. The van der Waals surface area contributed by atoms with Crippen molar-refractivity contribution in [3.63, 3.8) is 0 Å². The lowest BCUT2D eigenvalue weighted by atomic mass is 10.0. The van der Waals surface area contributed by atoms with E-state index in [1.165, 1.54) is 0 Å². The normalized spacial score (nSPS) is 15.5. The van der Waals surface area contributed by atoms with Crippen molar-refractivity contribution in [1.29, 1.82) is 0 Å². The Bertz CT molecular complexity index is 465. The fraction of sp³-hybridized carbons (Fsp3) is 0.0769. The largest absolute Gasteiger partial charge is 0.384 e. The van der Waals surface area contributed by atoms with E-state index in [0.717, 1.165) is 4.47 Å². The molecule has 1 nitrogen and oxygen atoms in total. The number of hydrogen-bond donors (Lipinski definition) is 1. The quantitative estimate of drug-likeness (QED) is 0.879. The first kappa shape index (κ1) is 9.13. The summed E-state index contributed by atoms with van der Waals surface area (Å²) in [6.45, 7) is 0. The van der Waals surface area contributed by atoms with Gasteiger partial charge in [-0.05, 0) is 23.3 Å². The first-order valence-corrected chi connectivity index (χ1v) is 5.44. The minimum absolute atomic E-state index is 0.557. The van der Waals surface area contributed by atoms with E-state index in [9.17, 15) is 5.11 Å². The van der Waals surface area contributed by atoms with Crippen LogP contribution in [-0.4, -0.2) is 5.11 Å². The molecule has 2 rings (SSSR count). The summed E-state index contributed by atoms with van der Waals surface area (Å²) in [7, 11) is 0. The van der Waals surface area contributed by atoms with Gasteiger partial charge in [0.2, 0.25) is 0 Å². The van der Waals surface area contributed by atoms with Crippen LogP contribution in [0.25, 0.3) is 0 Å². The highest BCUT2D eigenvalue weighted by Crippen LogP contribution is 2.22. The standard InChI is InChI=1S/C13H11BrO/c14-12-8-6-11(7-9-12)13(15)10-4-2-1-3-5-10/h1-9,13,15H/i13D. The van der Waals surface area contributed by atoms with Gasteiger partial charge in [0.25, 0.3) is 0 Å². The van der Waals surface area contributed by atoms with Gasteiger partial charge < -0.3 is 5.11 Å². The zero-order valence-corrected chi connectivity index (χ0v) is 9.61. The third kappa shape index (κ3) is 2.46. The number of benzene rings is 2. The molecule has 0 bridgehead atoms. The number of rotatable bonds is 2. The summed E-state index contributed by atoms with van der Waals surface area (Å²) in [6, 6.07) is 16.1. The second-order valence-corrected chi connectivity index (χ2v) is 4.14. The summed E-state index contributed by atoms with van der Waals surface area (Å²) in [5, 5.41) is 10.2. The van der Waals surface area contributed by atoms with Gasteiger partial charge in [-0.3, -0.25) is 0 Å². The van der Waals surface area contributed by atoms with Crippen LogP contribution in [0.4, 0.5) is 0 Å². The molecule has 0 aliphatic carbocycles. The van der Waals surface area contributed by atoms with Crippen molar-refractivity contribution in [3.05, 3.63) is 70.2 Å². The highest BCUT2D eigenvalue weighted by atomic mass is 79.9. The number of aliphatic hydroxyl groups is 1. The van der Waals surface area contributed by atoms with Crippen LogP contribution >= 0.6 is 15.9 Å². The zero-order chi connectivity index (χ0) is 11.6.